The van der Waals surface area contributed by atoms with Crippen LogP contribution in [0.15, 0.2) is 48.5 Å². The highest BCUT2D eigenvalue weighted by Gasteiger charge is 2.25. The number of nitrogens with one attached hydrogen (secondary N) is 2. The number of benzene rings is 2. The van der Waals surface area contributed by atoms with Crippen LogP contribution in [0.4, 0.5) is 11.4 Å². The molecule has 1 unspecified atom stereocenters. The first kappa shape index (κ1) is 24.5. The van der Waals surface area contributed by atoms with Crippen LogP contribution in [0.25, 0.3) is 0 Å². The molecule has 1 saturated heterocycles. The first-order valence-corrected chi connectivity index (χ1v) is 11.4. The van der Waals surface area contributed by atoms with Crippen LogP contribution in [0.2, 0.25) is 0 Å². The highest BCUT2D eigenvalue weighted by molar-refractivity contribution is 6.39. The Hall–Kier alpha value is -3.10. The predicted molar refractivity (Wildman–Crippen MR) is 132 cm³/mol. The Labute approximate surface area is 196 Å². The van der Waals surface area contributed by atoms with E-state index in [9.17, 15) is 9.59 Å². The van der Waals surface area contributed by atoms with E-state index in [0.29, 0.717) is 18.8 Å². The summed E-state index contributed by atoms with van der Waals surface area (Å²) in [7, 11) is 6.14. The number of rotatable bonds is 8. The average Bonchev–Trinajstić information content (AvgIpc) is 2.82. The first-order valence-electron chi connectivity index (χ1n) is 11.4. The van der Waals surface area contributed by atoms with Crippen molar-refractivity contribution in [3.05, 3.63) is 54.1 Å². The number of likely N-dealkylation sites (N-methyl/N-ethyl adjacent to an activating group) is 1. The van der Waals surface area contributed by atoms with Crippen LogP contribution in [-0.4, -0.2) is 82.1 Å². The van der Waals surface area contributed by atoms with Gasteiger partial charge in [-0.25, -0.2) is 0 Å². The standard InChI is InChI=1S/C25H35N5O3/c1-5-33-22-12-8-20(9-13-22)27-25(32)24(31)26-18-23(30-16-14-29(4)15-17-30)19-6-10-21(11-7-19)28(2)3/h6-13,23H,5,14-18H2,1-4H3,(H,26,31)(H,27,32). The number of hydrogen-bond donors (Lipinski definition) is 2. The third-order valence-electron chi connectivity index (χ3n) is 5.86. The van der Waals surface area contributed by atoms with E-state index in [1.807, 2.05) is 21.0 Å². The molecule has 1 aliphatic heterocycles. The van der Waals surface area contributed by atoms with Gasteiger partial charge in [0, 0.05) is 58.2 Å². The highest BCUT2D eigenvalue weighted by Crippen LogP contribution is 2.24. The van der Waals surface area contributed by atoms with Gasteiger partial charge in [0.25, 0.3) is 0 Å². The normalized spacial score (nSPS) is 15.5. The Morgan fingerprint density at radius 2 is 1.61 bits per heavy atom. The zero-order valence-electron chi connectivity index (χ0n) is 20.0. The summed E-state index contributed by atoms with van der Waals surface area (Å²) in [6.45, 7) is 6.60. The number of carbonyl (C=O) groups is 2. The lowest BCUT2D eigenvalue weighted by Gasteiger charge is -2.38. The van der Waals surface area contributed by atoms with Gasteiger partial charge in [0.15, 0.2) is 0 Å². The van der Waals surface area contributed by atoms with Gasteiger partial charge in [-0.05, 0) is 55.9 Å². The van der Waals surface area contributed by atoms with E-state index in [1.165, 1.54) is 0 Å². The van der Waals surface area contributed by atoms with Crippen molar-refractivity contribution in [2.45, 2.75) is 13.0 Å². The molecule has 2 aromatic rings. The Bertz CT molecular complexity index is 907. The summed E-state index contributed by atoms with van der Waals surface area (Å²) in [5.41, 5.74) is 2.79. The lowest BCUT2D eigenvalue weighted by Crippen LogP contribution is -2.49. The highest BCUT2D eigenvalue weighted by atomic mass is 16.5. The average molecular weight is 454 g/mol. The fourth-order valence-corrected chi connectivity index (χ4v) is 3.84. The molecule has 0 spiro atoms. The number of amides is 2. The third kappa shape index (κ3) is 6.94. The van der Waals surface area contributed by atoms with E-state index in [1.54, 1.807) is 24.3 Å². The van der Waals surface area contributed by atoms with E-state index >= 15 is 0 Å². The van der Waals surface area contributed by atoms with Gasteiger partial charge in [-0.3, -0.25) is 14.5 Å². The molecule has 2 N–H and O–H groups in total. The van der Waals surface area contributed by atoms with Crippen molar-refractivity contribution < 1.29 is 14.3 Å². The molecule has 1 aliphatic rings. The summed E-state index contributed by atoms with van der Waals surface area (Å²) in [5.74, 6) is -0.609. The monoisotopic (exact) mass is 453 g/mol. The summed E-state index contributed by atoms with van der Waals surface area (Å²) in [6.07, 6.45) is 0. The quantitative estimate of drug-likeness (QED) is 0.597. The Morgan fingerprint density at radius 1 is 0.970 bits per heavy atom. The van der Waals surface area contributed by atoms with Crippen LogP contribution >= 0.6 is 0 Å². The van der Waals surface area contributed by atoms with Crippen LogP contribution < -0.4 is 20.3 Å². The zero-order chi connectivity index (χ0) is 23.8. The predicted octanol–water partition coefficient (Wildman–Crippen LogP) is 2.19. The van der Waals surface area contributed by atoms with Gasteiger partial charge in [0.2, 0.25) is 0 Å². The van der Waals surface area contributed by atoms with E-state index in [2.05, 4.69) is 56.6 Å². The Kier molecular flexibility index (Phi) is 8.68. The van der Waals surface area contributed by atoms with Crippen molar-refractivity contribution >= 4 is 23.2 Å². The molecular formula is C25H35N5O3. The molecular weight excluding hydrogens is 418 g/mol. The molecule has 33 heavy (non-hydrogen) atoms. The molecule has 3 rings (SSSR count). The van der Waals surface area contributed by atoms with Gasteiger partial charge in [-0.1, -0.05) is 12.1 Å². The van der Waals surface area contributed by atoms with Gasteiger partial charge in [0.1, 0.15) is 5.75 Å². The minimum atomic E-state index is -0.681. The molecule has 1 fully saturated rings. The number of carbonyl (C=O) groups excluding carboxylic acids is 2. The van der Waals surface area contributed by atoms with Crippen LogP contribution in [0, 0.1) is 0 Å². The second-order valence-electron chi connectivity index (χ2n) is 8.46. The summed E-state index contributed by atoms with van der Waals surface area (Å²) in [5, 5.41) is 5.48. The minimum Gasteiger partial charge on any atom is -0.494 e. The second-order valence-corrected chi connectivity index (χ2v) is 8.46. The zero-order valence-corrected chi connectivity index (χ0v) is 20.0. The largest absolute Gasteiger partial charge is 0.494 e. The lowest BCUT2D eigenvalue weighted by molar-refractivity contribution is -0.136. The summed E-state index contributed by atoms with van der Waals surface area (Å²) >= 11 is 0. The van der Waals surface area contributed by atoms with Crippen molar-refractivity contribution in [2.75, 3.05) is 70.7 Å². The maximum absolute atomic E-state index is 12.5. The van der Waals surface area contributed by atoms with Crippen LogP contribution in [0.3, 0.4) is 0 Å². The van der Waals surface area contributed by atoms with Gasteiger partial charge in [-0.15, -0.1) is 0 Å². The molecule has 0 aliphatic carbocycles. The molecule has 8 nitrogen and oxygen atoms in total. The maximum atomic E-state index is 12.5. The Balaban J connectivity index is 1.63. The maximum Gasteiger partial charge on any atom is 0.313 e. The topological polar surface area (TPSA) is 77.1 Å². The molecule has 2 aromatic carbocycles. The molecule has 1 heterocycles. The van der Waals surface area contributed by atoms with Gasteiger partial charge in [-0.2, -0.15) is 0 Å². The van der Waals surface area contributed by atoms with E-state index in [-0.39, 0.29) is 6.04 Å². The van der Waals surface area contributed by atoms with E-state index in [4.69, 9.17) is 4.74 Å². The second kappa shape index (κ2) is 11.7. The van der Waals surface area contributed by atoms with Crippen molar-refractivity contribution in [3.63, 3.8) is 0 Å². The number of piperazine rings is 1. The molecule has 2 amide bonds. The van der Waals surface area contributed by atoms with Crippen molar-refractivity contribution in [1.29, 1.82) is 0 Å². The fraction of sp³-hybridized carbons (Fsp3) is 0.440. The number of hydrogen-bond acceptors (Lipinski definition) is 6. The van der Waals surface area contributed by atoms with E-state index < -0.39 is 11.8 Å². The van der Waals surface area contributed by atoms with Gasteiger partial charge < -0.3 is 25.2 Å². The van der Waals surface area contributed by atoms with Gasteiger partial charge in [0.05, 0.1) is 12.6 Å². The number of ether oxygens (including phenoxy) is 1. The van der Waals surface area contributed by atoms with Crippen LogP contribution in [0.1, 0.15) is 18.5 Å². The fourth-order valence-electron chi connectivity index (χ4n) is 3.84. The number of anilines is 2. The first-order chi connectivity index (χ1) is 15.9. The van der Waals surface area contributed by atoms with E-state index in [0.717, 1.165) is 43.2 Å². The Morgan fingerprint density at radius 3 is 2.18 bits per heavy atom. The van der Waals surface area contributed by atoms with Crippen molar-refractivity contribution in [3.8, 4) is 5.75 Å². The molecule has 0 saturated carbocycles. The summed E-state index contributed by atoms with van der Waals surface area (Å²) < 4.78 is 5.40. The lowest BCUT2D eigenvalue weighted by atomic mass is 10.0. The minimum absolute atomic E-state index is 0.00265. The SMILES string of the molecule is CCOc1ccc(NC(=O)C(=O)NCC(c2ccc(N(C)C)cc2)N2CCN(C)CC2)cc1. The molecule has 0 radical (unpaired) electrons. The molecule has 178 valence electrons. The molecule has 8 heteroatoms. The van der Waals surface area contributed by atoms with Crippen molar-refractivity contribution in [1.82, 2.24) is 15.1 Å². The summed E-state index contributed by atoms with van der Waals surface area (Å²) in [4.78, 5) is 31.7. The van der Waals surface area contributed by atoms with Gasteiger partial charge >= 0.3 is 11.8 Å². The third-order valence-corrected chi connectivity index (χ3v) is 5.86. The smallest absolute Gasteiger partial charge is 0.313 e. The number of nitrogens with zero attached hydrogens (tertiary/aromatic N) is 3. The van der Waals surface area contributed by atoms with Crippen LogP contribution in [0.5, 0.6) is 5.75 Å². The van der Waals surface area contributed by atoms with Crippen LogP contribution in [-0.2, 0) is 9.59 Å². The summed E-state index contributed by atoms with van der Waals surface area (Å²) in [6, 6.07) is 15.3. The molecule has 1 atom stereocenters. The molecule has 0 aromatic heterocycles. The molecule has 0 bridgehead atoms. The van der Waals surface area contributed by atoms with Crippen molar-refractivity contribution in [2.24, 2.45) is 0 Å².